The van der Waals surface area contributed by atoms with Gasteiger partial charge in [-0.15, -0.1) is 0 Å². The fraction of sp³-hybridized carbons (Fsp3) is 0.286. The van der Waals surface area contributed by atoms with Crippen molar-refractivity contribution in [1.29, 1.82) is 0 Å². The molecule has 1 aromatic carbocycles. The predicted molar refractivity (Wildman–Crippen MR) is 67.9 cm³/mol. The van der Waals surface area contributed by atoms with Crippen LogP contribution in [-0.2, 0) is 6.42 Å². The lowest BCUT2D eigenvalue weighted by molar-refractivity contribution is 0.756. The van der Waals surface area contributed by atoms with Crippen LogP contribution in [0.15, 0.2) is 36.7 Å². The monoisotopic (exact) mass is 225 g/mol. The van der Waals surface area contributed by atoms with Gasteiger partial charge in [0.1, 0.15) is 12.1 Å². The smallest absolute Gasteiger partial charge is 0.130 e. The number of nitrogens with one attached hydrogen (secondary N) is 1. The Bertz CT molecular complexity index is 536. The van der Waals surface area contributed by atoms with Crippen LogP contribution in [0.2, 0.25) is 0 Å². The zero-order valence-electron chi connectivity index (χ0n) is 9.85. The van der Waals surface area contributed by atoms with Gasteiger partial charge in [0, 0.05) is 11.8 Å². The number of anilines is 1. The molecule has 0 unspecified atom stereocenters. The van der Waals surface area contributed by atoms with Gasteiger partial charge in [-0.1, -0.05) is 24.3 Å². The van der Waals surface area contributed by atoms with Crippen molar-refractivity contribution in [3.8, 4) is 0 Å². The summed E-state index contributed by atoms with van der Waals surface area (Å²) < 4.78 is 0. The first-order valence-electron chi connectivity index (χ1n) is 5.96. The summed E-state index contributed by atoms with van der Waals surface area (Å²) >= 11 is 0. The van der Waals surface area contributed by atoms with Gasteiger partial charge >= 0.3 is 0 Å². The lowest BCUT2D eigenvalue weighted by Crippen LogP contribution is -2.08. The van der Waals surface area contributed by atoms with Crippen LogP contribution >= 0.6 is 0 Å². The third-order valence-corrected chi connectivity index (χ3v) is 3.26. The minimum Gasteiger partial charge on any atom is -0.363 e. The van der Waals surface area contributed by atoms with E-state index in [1.54, 1.807) is 6.33 Å². The predicted octanol–water partition coefficient (Wildman–Crippen LogP) is 2.88. The normalized spacial score (nSPS) is 17.8. The third kappa shape index (κ3) is 2.00. The van der Waals surface area contributed by atoms with E-state index in [9.17, 15) is 0 Å². The quantitative estimate of drug-likeness (QED) is 0.854. The largest absolute Gasteiger partial charge is 0.363 e. The Kier molecular flexibility index (Phi) is 2.52. The Labute approximate surface area is 101 Å². The van der Waals surface area contributed by atoms with Crippen LogP contribution in [0.25, 0.3) is 0 Å². The molecule has 1 aliphatic rings. The number of aryl methyl sites for hydroxylation is 2. The van der Waals surface area contributed by atoms with Crippen molar-refractivity contribution in [2.24, 2.45) is 0 Å². The number of rotatable bonds is 2. The Hall–Kier alpha value is -1.90. The van der Waals surface area contributed by atoms with Crippen LogP contribution < -0.4 is 5.32 Å². The topological polar surface area (TPSA) is 37.8 Å². The zero-order chi connectivity index (χ0) is 11.7. The van der Waals surface area contributed by atoms with Crippen LogP contribution in [0.5, 0.6) is 0 Å². The molecule has 0 radical (unpaired) electrons. The van der Waals surface area contributed by atoms with E-state index in [1.807, 2.05) is 13.0 Å². The lowest BCUT2D eigenvalue weighted by atomic mass is 10.1. The fourth-order valence-electron chi connectivity index (χ4n) is 2.42. The number of fused-ring (bicyclic) bond motifs is 1. The van der Waals surface area contributed by atoms with Gasteiger partial charge in [-0.25, -0.2) is 9.97 Å². The first-order chi connectivity index (χ1) is 8.33. The average molecular weight is 225 g/mol. The van der Waals surface area contributed by atoms with Crippen LogP contribution in [-0.4, -0.2) is 9.97 Å². The molecule has 3 heteroatoms. The second-order valence-electron chi connectivity index (χ2n) is 4.48. The van der Waals surface area contributed by atoms with E-state index in [-0.39, 0.29) is 0 Å². The molecule has 1 aromatic heterocycles. The van der Waals surface area contributed by atoms with Crippen molar-refractivity contribution in [3.63, 3.8) is 0 Å². The first kappa shape index (κ1) is 10.3. The number of aromatic nitrogens is 2. The van der Waals surface area contributed by atoms with Crippen molar-refractivity contribution in [2.45, 2.75) is 25.8 Å². The molecule has 86 valence electrons. The van der Waals surface area contributed by atoms with Gasteiger partial charge in [0.2, 0.25) is 0 Å². The standard InChI is InChI=1S/C14H15N3/c1-10-8-14(16-9-15-10)17-13-7-6-11-4-2-3-5-12(11)13/h2-5,8-9,13H,6-7H2,1H3,(H,15,16,17)/t13-/m0/s1. The minimum atomic E-state index is 0.389. The van der Waals surface area contributed by atoms with Gasteiger partial charge < -0.3 is 5.32 Å². The molecule has 1 N–H and O–H groups in total. The molecule has 3 rings (SSSR count). The van der Waals surface area contributed by atoms with Gasteiger partial charge in [0.05, 0.1) is 6.04 Å². The second kappa shape index (κ2) is 4.17. The van der Waals surface area contributed by atoms with E-state index < -0.39 is 0 Å². The van der Waals surface area contributed by atoms with Gasteiger partial charge in [0.25, 0.3) is 0 Å². The molecule has 0 bridgehead atoms. The molecule has 0 saturated carbocycles. The van der Waals surface area contributed by atoms with Gasteiger partial charge in [-0.3, -0.25) is 0 Å². The van der Waals surface area contributed by atoms with Gasteiger partial charge in [-0.05, 0) is 30.9 Å². The van der Waals surface area contributed by atoms with Crippen molar-refractivity contribution >= 4 is 5.82 Å². The first-order valence-corrected chi connectivity index (χ1v) is 5.96. The Morgan fingerprint density at radius 2 is 2.12 bits per heavy atom. The van der Waals surface area contributed by atoms with Gasteiger partial charge in [0.15, 0.2) is 0 Å². The maximum absolute atomic E-state index is 4.25. The number of hydrogen-bond acceptors (Lipinski definition) is 3. The van der Waals surface area contributed by atoms with E-state index in [0.29, 0.717) is 6.04 Å². The van der Waals surface area contributed by atoms with Crippen LogP contribution in [0, 0.1) is 6.92 Å². The molecule has 3 nitrogen and oxygen atoms in total. The highest BCUT2D eigenvalue weighted by atomic mass is 15.0. The van der Waals surface area contributed by atoms with Crippen molar-refractivity contribution in [1.82, 2.24) is 9.97 Å². The molecular weight excluding hydrogens is 210 g/mol. The number of hydrogen-bond donors (Lipinski definition) is 1. The molecule has 1 atom stereocenters. The Balaban J connectivity index is 1.84. The lowest BCUT2D eigenvalue weighted by Gasteiger charge is -2.14. The van der Waals surface area contributed by atoms with Crippen molar-refractivity contribution < 1.29 is 0 Å². The molecule has 1 aliphatic carbocycles. The van der Waals surface area contributed by atoms with Crippen LogP contribution in [0.1, 0.15) is 29.3 Å². The van der Waals surface area contributed by atoms with E-state index in [0.717, 1.165) is 24.4 Å². The SMILES string of the molecule is Cc1cc(N[C@H]2CCc3ccccc32)ncn1. The van der Waals surface area contributed by atoms with E-state index in [2.05, 4.69) is 39.6 Å². The summed E-state index contributed by atoms with van der Waals surface area (Å²) in [6.07, 6.45) is 3.90. The molecule has 17 heavy (non-hydrogen) atoms. The van der Waals surface area contributed by atoms with Gasteiger partial charge in [-0.2, -0.15) is 0 Å². The molecule has 0 saturated heterocycles. The highest BCUT2D eigenvalue weighted by Gasteiger charge is 2.21. The summed E-state index contributed by atoms with van der Waals surface area (Å²) in [6, 6.07) is 11.0. The molecule has 0 amide bonds. The summed E-state index contributed by atoms with van der Waals surface area (Å²) in [5, 5.41) is 3.49. The second-order valence-corrected chi connectivity index (χ2v) is 4.48. The van der Waals surface area contributed by atoms with E-state index >= 15 is 0 Å². The molecule has 0 spiro atoms. The molecule has 0 fully saturated rings. The molecule has 0 aliphatic heterocycles. The molecule has 1 heterocycles. The highest BCUT2D eigenvalue weighted by Crippen LogP contribution is 2.32. The van der Waals surface area contributed by atoms with E-state index in [1.165, 1.54) is 11.1 Å². The average Bonchev–Trinajstić information content (AvgIpc) is 2.73. The molecule has 2 aromatic rings. The maximum atomic E-state index is 4.25. The summed E-state index contributed by atoms with van der Waals surface area (Å²) in [4.78, 5) is 8.36. The molecular formula is C14H15N3. The fourth-order valence-corrected chi connectivity index (χ4v) is 2.42. The van der Waals surface area contributed by atoms with Crippen molar-refractivity contribution in [3.05, 3.63) is 53.5 Å². The summed E-state index contributed by atoms with van der Waals surface area (Å²) in [5.41, 5.74) is 3.85. The minimum absolute atomic E-state index is 0.389. The summed E-state index contributed by atoms with van der Waals surface area (Å²) in [5.74, 6) is 0.916. The number of nitrogens with zero attached hydrogens (tertiary/aromatic N) is 2. The Morgan fingerprint density at radius 3 is 3.00 bits per heavy atom. The van der Waals surface area contributed by atoms with E-state index in [4.69, 9.17) is 0 Å². The third-order valence-electron chi connectivity index (χ3n) is 3.26. The number of benzene rings is 1. The summed E-state index contributed by atoms with van der Waals surface area (Å²) in [6.45, 7) is 1.98. The summed E-state index contributed by atoms with van der Waals surface area (Å²) in [7, 11) is 0. The zero-order valence-corrected chi connectivity index (χ0v) is 9.85. The highest BCUT2D eigenvalue weighted by molar-refractivity contribution is 5.43. The maximum Gasteiger partial charge on any atom is 0.130 e. The van der Waals surface area contributed by atoms with Crippen molar-refractivity contribution in [2.75, 3.05) is 5.32 Å². The Morgan fingerprint density at radius 1 is 1.24 bits per heavy atom. The van der Waals surface area contributed by atoms with Crippen LogP contribution in [0.3, 0.4) is 0 Å². The van der Waals surface area contributed by atoms with Crippen LogP contribution in [0.4, 0.5) is 5.82 Å².